The molecule has 0 spiro atoms. The largest absolute Gasteiger partial charge is 0.310 e. The molecule has 9 nitrogen and oxygen atoms in total. The van der Waals surface area contributed by atoms with Crippen molar-refractivity contribution in [1.29, 1.82) is 0 Å². The van der Waals surface area contributed by atoms with E-state index in [0.717, 1.165) is 93.1 Å². The first-order valence-electron chi connectivity index (χ1n) is 42.6. The van der Waals surface area contributed by atoms with Gasteiger partial charge in [0.25, 0.3) is 0 Å². The van der Waals surface area contributed by atoms with Crippen LogP contribution in [0.25, 0.3) is 180 Å². The van der Waals surface area contributed by atoms with E-state index in [9.17, 15) is 0 Å². The first kappa shape index (κ1) is 77.5. The fraction of sp³-hybridized carbons (Fsp3) is 0. The second-order valence-corrected chi connectivity index (χ2v) is 45.0. The van der Waals surface area contributed by atoms with E-state index < -0.39 is 19.6 Å². The molecule has 9 heterocycles. The summed E-state index contributed by atoms with van der Waals surface area (Å²) in [5, 5.41) is 31.5. The standard InChI is InChI=1S/C39H25N2PSe.C38H24N3PS.C36H23N4P.H2S/c43-42(28-12-2-1-3-13-28,29-23-24-31-27(25-29)22-21-26-11-4-5-14-30(26)31)37-20-10-19-36-38(37)40-39-34-17-7-6-15-32(34)33-16-8-9-18-35(33)41(36)39;43-42(28-21-20-25-10-1-2-11-26(25)22-28,29-23-27-12-3-7-16-33(27)39-24-29)36-19-9-18-35-37(36)40-38-32-15-5-4-13-30(32)31-14-6-8-17-34(31)41(35)38;1-2-16-29-25(12-1)26-13-3-6-17-30(26)39-33-20-9-21-34(35(33)38-36(29)39)41(24-11-10-22-37-23-24)40-31-18-7-4-14-27(31)28-15-5-8-19-32(28)40;/h1-25H;1-24H;1-23H;1H2. The third-order valence-corrected chi connectivity index (χ3v) is 39.8. The number of aromatic nitrogens is 9. The quantitative estimate of drug-likeness (QED) is 0.0813. The van der Waals surface area contributed by atoms with Crippen LogP contribution in [0.5, 0.6) is 0 Å². The van der Waals surface area contributed by atoms with E-state index in [1.807, 2.05) is 30.7 Å². The number of imidazole rings is 3. The maximum absolute atomic E-state index is 6.97. The van der Waals surface area contributed by atoms with Crippen LogP contribution >= 0.6 is 33.1 Å². The molecule has 0 N–H and O–H groups in total. The van der Waals surface area contributed by atoms with E-state index in [-0.39, 0.29) is 13.5 Å². The molecule has 18 aromatic carbocycles. The minimum Gasteiger partial charge on any atom is -0.310 e. The second-order valence-electron chi connectivity index (χ2n) is 32.5. The monoisotopic (exact) mass is 1790 g/mol. The van der Waals surface area contributed by atoms with Gasteiger partial charge in [-0.3, -0.25) is 18.8 Å². The van der Waals surface area contributed by atoms with E-state index in [0.29, 0.717) is 0 Å². The van der Waals surface area contributed by atoms with Crippen LogP contribution in [-0.2, 0) is 11.8 Å². The van der Waals surface area contributed by atoms with Crippen molar-refractivity contribution in [1.82, 2.24) is 42.5 Å². The molecule has 0 amide bonds. The number of rotatable bonds is 9. The van der Waals surface area contributed by atoms with Crippen LogP contribution in [0.3, 0.4) is 0 Å². The van der Waals surface area contributed by atoms with Crippen LogP contribution in [0.4, 0.5) is 0 Å². The van der Waals surface area contributed by atoms with Crippen molar-refractivity contribution in [2.24, 2.45) is 0 Å². The number of hydrogen-bond donors (Lipinski definition) is 0. The van der Waals surface area contributed by atoms with Crippen molar-refractivity contribution in [3.05, 3.63) is 437 Å². The summed E-state index contributed by atoms with van der Waals surface area (Å²) in [4.78, 5) is 25.9. The Morgan fingerprint density at radius 2 is 0.664 bits per heavy atom. The molecule has 0 saturated carbocycles. The Morgan fingerprint density at radius 1 is 0.266 bits per heavy atom. The Balaban J connectivity index is 0.000000106. The Bertz CT molecular complexity index is 9240. The molecular formula is C113H74N9P3S2Se. The Labute approximate surface area is 756 Å². The number of fused-ring (bicyclic) bond motifs is 32. The zero-order valence-corrected chi connectivity index (χ0v) is 75.0. The smallest absolute Gasteiger partial charge is 0.146 e. The van der Waals surface area contributed by atoms with Gasteiger partial charge in [0.1, 0.15) is 11.3 Å². The zero-order chi connectivity index (χ0) is 84.0. The van der Waals surface area contributed by atoms with Crippen LogP contribution in [-0.4, -0.2) is 57.6 Å². The summed E-state index contributed by atoms with van der Waals surface area (Å²) in [5.74, 6) is 0. The summed E-state index contributed by atoms with van der Waals surface area (Å²) in [6.45, 7) is 0. The first-order valence-corrected chi connectivity index (χ1v) is 50.7. The van der Waals surface area contributed by atoms with Crippen LogP contribution in [0.1, 0.15) is 0 Å². The molecule has 3 atom stereocenters. The molecule has 27 rings (SSSR count). The molecule has 15 heteroatoms. The molecule has 3 unspecified atom stereocenters. The predicted octanol–water partition coefficient (Wildman–Crippen LogP) is 25.0. The van der Waals surface area contributed by atoms with Crippen LogP contribution in [0.2, 0.25) is 0 Å². The molecule has 0 aliphatic heterocycles. The summed E-state index contributed by atoms with van der Waals surface area (Å²) >= 11 is 10.8. The number of nitrogens with zero attached hydrogens (tertiary/aromatic N) is 9. The molecule has 27 aromatic rings. The fourth-order valence-corrected chi connectivity index (χ4v) is 31.4. The number of para-hydroxylation sites is 9. The summed E-state index contributed by atoms with van der Waals surface area (Å²) < 4.78 is 9.55. The minimum atomic E-state index is -2.61. The molecular weight excluding hydrogens is 1720 g/mol. The fourth-order valence-electron chi connectivity index (χ4n) is 19.9. The average Bonchev–Trinajstić information content (AvgIpc) is 1.58. The van der Waals surface area contributed by atoms with E-state index in [4.69, 9.17) is 31.7 Å². The zero-order valence-electron chi connectivity index (χ0n) is 68.8. The van der Waals surface area contributed by atoms with Gasteiger partial charge in [-0.1, -0.05) is 212 Å². The molecule has 0 saturated heterocycles. The SMILES string of the molecule is S.S=P(c1ccc2ccccc2c1)(c1cnc2ccccc2c1)c1cccc2c1nc1c3ccccc3c3ccccc3n21.[Se]=P(c1ccccc1)(c1ccc2c(ccc3ccccc32)c1)c1cccc2c1nc1c3ccccc3c3ccccc3n21.c1cncc(P(c2cccc3c2nc2c4ccccc4c4ccccc4n32)n2c3ccccc3c3ccccc32)c1. The van der Waals surface area contributed by atoms with Gasteiger partial charge in [0.15, 0.2) is 0 Å². The first-order chi connectivity index (χ1) is 62.8. The topological polar surface area (TPSA) is 82.6 Å². The normalized spacial score (nSPS) is 13.1. The third kappa shape index (κ3) is 12.1. The van der Waals surface area contributed by atoms with Crippen molar-refractivity contribution in [2.45, 2.75) is 0 Å². The van der Waals surface area contributed by atoms with Crippen molar-refractivity contribution < 1.29 is 0 Å². The van der Waals surface area contributed by atoms with Crippen LogP contribution in [0.15, 0.2) is 437 Å². The molecule has 0 bridgehead atoms. The summed E-state index contributed by atoms with van der Waals surface area (Å²) in [6, 6.07) is 148. The van der Waals surface area contributed by atoms with Gasteiger partial charge in [0.2, 0.25) is 0 Å². The van der Waals surface area contributed by atoms with Crippen molar-refractivity contribution in [3.8, 4) is 0 Å². The summed E-state index contributed by atoms with van der Waals surface area (Å²) in [5.41, 5.74) is 14.0. The molecule has 604 valence electrons. The van der Waals surface area contributed by atoms with E-state index in [1.54, 1.807) is 0 Å². The van der Waals surface area contributed by atoms with Gasteiger partial charge in [-0.05, 0) is 93.6 Å². The minimum absolute atomic E-state index is 0. The van der Waals surface area contributed by atoms with Crippen molar-refractivity contribution in [2.75, 3.05) is 0 Å². The second kappa shape index (κ2) is 31.2. The molecule has 0 aliphatic rings. The van der Waals surface area contributed by atoms with Crippen LogP contribution < -0.4 is 42.4 Å². The molecule has 0 fully saturated rings. The molecule has 0 aliphatic carbocycles. The van der Waals surface area contributed by atoms with Gasteiger partial charge in [-0.15, -0.1) is 0 Å². The van der Waals surface area contributed by atoms with E-state index >= 15 is 0 Å². The predicted molar refractivity (Wildman–Crippen MR) is 557 cm³/mol. The summed E-state index contributed by atoms with van der Waals surface area (Å²) in [7, 11) is -1.05. The van der Waals surface area contributed by atoms with Gasteiger partial charge < -0.3 is 4.34 Å². The number of benzene rings is 18. The van der Waals surface area contributed by atoms with Gasteiger partial charge in [-0.2, -0.15) is 13.5 Å². The average molecular weight is 1790 g/mol. The van der Waals surface area contributed by atoms with Gasteiger partial charge in [0.05, 0.1) is 57.7 Å². The molecule has 9 aromatic heterocycles. The Hall–Kier alpha value is -14.1. The Kier molecular flexibility index (Phi) is 18.9. The van der Waals surface area contributed by atoms with E-state index in [2.05, 4.69) is 444 Å². The third-order valence-electron chi connectivity index (χ3n) is 25.6. The van der Waals surface area contributed by atoms with Gasteiger partial charge in [0, 0.05) is 83.6 Å². The maximum Gasteiger partial charge on any atom is 0.146 e. The van der Waals surface area contributed by atoms with E-state index in [1.165, 1.54) is 129 Å². The Morgan fingerprint density at radius 3 is 1.23 bits per heavy atom. The molecule has 128 heavy (non-hydrogen) atoms. The summed E-state index contributed by atoms with van der Waals surface area (Å²) in [6.07, 6.45) is 5.87. The molecule has 0 radical (unpaired) electrons. The van der Waals surface area contributed by atoms with Crippen LogP contribution in [0, 0.1) is 0 Å². The number of pyridine rings is 5. The number of hydrogen-bond acceptors (Lipinski definition) is 6. The van der Waals surface area contributed by atoms with Gasteiger partial charge >= 0.3 is 257 Å². The van der Waals surface area contributed by atoms with Crippen molar-refractivity contribution >= 4 is 283 Å². The van der Waals surface area contributed by atoms with Gasteiger partial charge in [-0.25, -0.2) is 9.97 Å². The van der Waals surface area contributed by atoms with Crippen molar-refractivity contribution in [3.63, 3.8) is 0 Å². The maximum atomic E-state index is 6.97.